The highest BCUT2D eigenvalue weighted by Gasteiger charge is 2.26. The van der Waals surface area contributed by atoms with Gasteiger partial charge in [-0.25, -0.2) is 4.98 Å². The fourth-order valence-electron chi connectivity index (χ4n) is 4.70. The number of thioether (sulfide) groups is 1. The second kappa shape index (κ2) is 8.50. The minimum Gasteiger partial charge on any atom is -0.441 e. The summed E-state index contributed by atoms with van der Waals surface area (Å²) >= 11 is 2.10. The number of fused-ring (bicyclic) bond motifs is 1. The molecule has 0 amide bonds. The monoisotopic (exact) mass is 407 g/mol. The van der Waals surface area contributed by atoms with E-state index in [0.29, 0.717) is 0 Å². The van der Waals surface area contributed by atoms with E-state index in [-0.39, 0.29) is 0 Å². The summed E-state index contributed by atoms with van der Waals surface area (Å²) in [5.41, 5.74) is 2.17. The summed E-state index contributed by atoms with van der Waals surface area (Å²) in [6.07, 6.45) is 2.55. The summed E-state index contributed by atoms with van der Waals surface area (Å²) in [4.78, 5) is 10.2. The maximum atomic E-state index is 6.12. The molecule has 1 aromatic heterocycles. The molecule has 29 heavy (non-hydrogen) atoms. The molecule has 0 aliphatic carbocycles. The van der Waals surface area contributed by atoms with Crippen LogP contribution in [0.2, 0.25) is 0 Å². The number of oxazole rings is 1. The van der Waals surface area contributed by atoms with Crippen molar-refractivity contribution < 1.29 is 4.42 Å². The zero-order chi connectivity index (χ0) is 19.6. The number of nitrogens with zero attached hydrogens (tertiary/aromatic N) is 3. The number of likely N-dealkylation sites (tertiary alicyclic amines) is 1. The Morgan fingerprint density at radius 1 is 1.00 bits per heavy atom. The highest BCUT2D eigenvalue weighted by atomic mass is 32.2. The maximum Gasteiger partial charge on any atom is 0.227 e. The van der Waals surface area contributed by atoms with Gasteiger partial charge >= 0.3 is 0 Å². The normalized spacial score (nSPS) is 19.8. The van der Waals surface area contributed by atoms with Gasteiger partial charge in [-0.2, -0.15) is 11.8 Å². The van der Waals surface area contributed by atoms with Crippen molar-refractivity contribution in [3.63, 3.8) is 0 Å². The molecular weight excluding hydrogens is 378 g/mol. The van der Waals surface area contributed by atoms with Gasteiger partial charge in [0.2, 0.25) is 5.89 Å². The second-order valence-corrected chi connectivity index (χ2v) is 9.43. The van der Waals surface area contributed by atoms with E-state index in [4.69, 9.17) is 9.40 Å². The van der Waals surface area contributed by atoms with Gasteiger partial charge < -0.3 is 4.42 Å². The van der Waals surface area contributed by atoms with Gasteiger partial charge in [0, 0.05) is 55.8 Å². The standard InChI is InChI=1S/C24H29N3OS/c1-18-23(17-26-11-9-20(10-12-26)27-13-15-29-16-14-27)25-24(28-18)22-8-4-6-19-5-2-3-7-21(19)22/h2-8,20H,9-17H2,1H3. The highest BCUT2D eigenvalue weighted by molar-refractivity contribution is 7.99. The number of benzene rings is 2. The Bertz CT molecular complexity index is 966. The quantitative estimate of drug-likeness (QED) is 0.619. The minimum atomic E-state index is 0.745. The summed E-state index contributed by atoms with van der Waals surface area (Å²) in [6, 6.07) is 15.5. The molecule has 2 saturated heterocycles. The average Bonchev–Trinajstić information content (AvgIpc) is 3.14. The molecule has 2 aliphatic heterocycles. The molecule has 3 aromatic rings. The second-order valence-electron chi connectivity index (χ2n) is 8.20. The largest absolute Gasteiger partial charge is 0.441 e. The van der Waals surface area contributed by atoms with Gasteiger partial charge in [-0.15, -0.1) is 0 Å². The molecule has 0 bridgehead atoms. The highest BCUT2D eigenvalue weighted by Crippen LogP contribution is 2.30. The number of hydrogen-bond donors (Lipinski definition) is 0. The molecule has 0 atom stereocenters. The molecule has 5 rings (SSSR count). The zero-order valence-electron chi connectivity index (χ0n) is 17.1. The Balaban J connectivity index is 1.28. The Hall–Kier alpha value is -1.82. The van der Waals surface area contributed by atoms with Crippen LogP contribution in [0.3, 0.4) is 0 Å². The number of hydrogen-bond acceptors (Lipinski definition) is 5. The Kier molecular flexibility index (Phi) is 5.62. The number of aromatic nitrogens is 1. The van der Waals surface area contributed by atoms with Gasteiger partial charge in [0.25, 0.3) is 0 Å². The van der Waals surface area contributed by atoms with Crippen LogP contribution in [-0.4, -0.2) is 58.5 Å². The van der Waals surface area contributed by atoms with Crippen LogP contribution >= 0.6 is 11.8 Å². The zero-order valence-corrected chi connectivity index (χ0v) is 18.0. The third-order valence-corrected chi connectivity index (χ3v) is 7.35. The van der Waals surface area contributed by atoms with Crippen LogP contribution in [0.1, 0.15) is 24.3 Å². The summed E-state index contributed by atoms with van der Waals surface area (Å²) < 4.78 is 6.12. The van der Waals surface area contributed by atoms with Crippen LogP contribution < -0.4 is 0 Å². The van der Waals surface area contributed by atoms with E-state index < -0.39 is 0 Å². The Morgan fingerprint density at radius 3 is 2.59 bits per heavy atom. The van der Waals surface area contributed by atoms with Gasteiger partial charge in [-0.05, 0) is 36.6 Å². The van der Waals surface area contributed by atoms with Crippen molar-refractivity contribution in [1.29, 1.82) is 0 Å². The van der Waals surface area contributed by atoms with Gasteiger partial charge in [0.05, 0.1) is 5.69 Å². The van der Waals surface area contributed by atoms with Crippen molar-refractivity contribution in [2.24, 2.45) is 0 Å². The number of rotatable bonds is 4. The maximum absolute atomic E-state index is 6.12. The number of aryl methyl sites for hydroxylation is 1. The van der Waals surface area contributed by atoms with E-state index in [0.717, 1.165) is 48.6 Å². The van der Waals surface area contributed by atoms with Crippen molar-refractivity contribution in [3.05, 3.63) is 53.9 Å². The fraction of sp³-hybridized carbons (Fsp3) is 0.458. The topological polar surface area (TPSA) is 32.5 Å². The molecule has 152 valence electrons. The van der Waals surface area contributed by atoms with E-state index in [1.165, 1.54) is 48.2 Å². The van der Waals surface area contributed by atoms with Crippen LogP contribution in [0.4, 0.5) is 0 Å². The van der Waals surface area contributed by atoms with Crippen LogP contribution in [0.5, 0.6) is 0 Å². The lowest BCUT2D eigenvalue weighted by molar-refractivity contribution is 0.111. The van der Waals surface area contributed by atoms with Crippen molar-refractivity contribution in [2.45, 2.75) is 32.4 Å². The van der Waals surface area contributed by atoms with E-state index in [1.807, 2.05) is 0 Å². The molecule has 0 radical (unpaired) electrons. The van der Waals surface area contributed by atoms with Crippen molar-refractivity contribution in [1.82, 2.24) is 14.8 Å². The molecule has 5 heteroatoms. The summed E-state index contributed by atoms with van der Waals surface area (Å²) in [5, 5.41) is 2.42. The average molecular weight is 408 g/mol. The smallest absolute Gasteiger partial charge is 0.227 e. The first-order chi connectivity index (χ1) is 14.3. The lowest BCUT2D eigenvalue weighted by atomic mass is 10.0. The molecular formula is C24H29N3OS. The van der Waals surface area contributed by atoms with Crippen molar-refractivity contribution in [2.75, 3.05) is 37.7 Å². The van der Waals surface area contributed by atoms with Gasteiger partial charge in [0.1, 0.15) is 5.76 Å². The fourth-order valence-corrected chi connectivity index (χ4v) is 5.63. The van der Waals surface area contributed by atoms with E-state index in [1.54, 1.807) is 0 Å². The van der Waals surface area contributed by atoms with Gasteiger partial charge in [-0.1, -0.05) is 36.4 Å². The lowest BCUT2D eigenvalue weighted by Gasteiger charge is -2.39. The van der Waals surface area contributed by atoms with Gasteiger partial charge in [0.15, 0.2) is 0 Å². The predicted molar refractivity (Wildman–Crippen MR) is 121 cm³/mol. The van der Waals surface area contributed by atoms with Crippen LogP contribution in [0.25, 0.3) is 22.2 Å². The van der Waals surface area contributed by atoms with Crippen LogP contribution in [0, 0.1) is 6.92 Å². The molecule has 0 N–H and O–H groups in total. The van der Waals surface area contributed by atoms with Gasteiger partial charge in [-0.3, -0.25) is 9.80 Å². The summed E-state index contributed by atoms with van der Waals surface area (Å²) in [7, 11) is 0. The van der Waals surface area contributed by atoms with E-state index >= 15 is 0 Å². The molecule has 2 aromatic carbocycles. The number of piperidine rings is 1. The third kappa shape index (κ3) is 4.09. The van der Waals surface area contributed by atoms with Crippen LogP contribution in [-0.2, 0) is 6.54 Å². The van der Waals surface area contributed by atoms with E-state index in [9.17, 15) is 0 Å². The first-order valence-electron chi connectivity index (χ1n) is 10.8. The predicted octanol–water partition coefficient (Wildman–Crippen LogP) is 4.82. The molecule has 2 fully saturated rings. The summed E-state index contributed by atoms with van der Waals surface area (Å²) in [5.74, 6) is 4.29. The van der Waals surface area contributed by atoms with Crippen molar-refractivity contribution >= 4 is 22.5 Å². The molecule has 0 saturated carbocycles. The molecule has 0 unspecified atom stereocenters. The Labute approximate surface area is 177 Å². The minimum absolute atomic E-state index is 0.745. The first-order valence-corrected chi connectivity index (χ1v) is 11.9. The van der Waals surface area contributed by atoms with Crippen LogP contribution in [0.15, 0.2) is 46.9 Å². The molecule has 4 nitrogen and oxygen atoms in total. The molecule has 3 heterocycles. The lowest BCUT2D eigenvalue weighted by Crippen LogP contribution is -2.47. The first kappa shape index (κ1) is 19.2. The molecule has 0 spiro atoms. The SMILES string of the molecule is Cc1oc(-c2cccc3ccccc23)nc1CN1CCC(N2CCSCC2)CC1. The van der Waals surface area contributed by atoms with E-state index in [2.05, 4.69) is 71.0 Å². The summed E-state index contributed by atoms with van der Waals surface area (Å²) in [6.45, 7) is 7.80. The van der Waals surface area contributed by atoms with Crippen molar-refractivity contribution in [3.8, 4) is 11.5 Å². The Morgan fingerprint density at radius 2 is 1.76 bits per heavy atom. The third-order valence-electron chi connectivity index (χ3n) is 6.41. The molecule has 2 aliphatic rings.